The predicted molar refractivity (Wildman–Crippen MR) is 350 cm³/mol. The topological polar surface area (TPSA) is 32.8 Å². The summed E-state index contributed by atoms with van der Waals surface area (Å²) in [6, 6.07) is 64.8. The van der Waals surface area contributed by atoms with Crippen molar-refractivity contribution >= 4 is 115 Å². The summed E-state index contributed by atoms with van der Waals surface area (Å²) in [5.41, 5.74) is 21.0. The van der Waals surface area contributed by atoms with Crippen LogP contribution in [0.25, 0.3) is 66.1 Å². The van der Waals surface area contributed by atoms with Crippen LogP contribution in [0.1, 0.15) is 105 Å². The van der Waals surface area contributed by atoms with Gasteiger partial charge in [-0.05, 0) is 160 Å². The van der Waals surface area contributed by atoms with E-state index in [1.165, 1.54) is 76.0 Å². The van der Waals surface area contributed by atoms with Gasteiger partial charge >= 0.3 is 0 Å². The number of para-hydroxylation sites is 2. The third-order valence-corrected chi connectivity index (χ3v) is 25.1. The van der Waals surface area contributed by atoms with Crippen LogP contribution in [0.4, 0.5) is 34.1 Å². The summed E-state index contributed by atoms with van der Waals surface area (Å²) in [6.45, 7) is 37.8. The van der Waals surface area contributed by atoms with Crippen LogP contribution in [0.15, 0.2) is 179 Å². The van der Waals surface area contributed by atoms with Gasteiger partial charge in [-0.1, -0.05) is 206 Å². The molecule has 13 rings (SSSR count). The minimum atomic E-state index is -2.46. The zero-order chi connectivity index (χ0) is 56.4. The number of hydrogen-bond donors (Lipinski definition) is 0. The Hall–Kier alpha value is -7.39. The molecule has 2 aliphatic rings. The first-order valence-electron chi connectivity index (χ1n) is 28.9. The Kier molecular flexibility index (Phi) is 11.4. The van der Waals surface area contributed by atoms with Gasteiger partial charge in [0.05, 0.1) is 11.4 Å². The van der Waals surface area contributed by atoms with Gasteiger partial charge in [-0.3, -0.25) is 0 Å². The smallest absolute Gasteiger partial charge is 0.160 e. The van der Waals surface area contributed by atoms with Crippen LogP contribution in [0.2, 0.25) is 26.2 Å². The van der Waals surface area contributed by atoms with Crippen LogP contribution in [0.5, 0.6) is 0 Å². The van der Waals surface area contributed by atoms with E-state index in [1.54, 1.807) is 0 Å². The van der Waals surface area contributed by atoms with Crippen molar-refractivity contribution in [3.8, 4) is 22.3 Å². The highest BCUT2D eigenvalue weighted by Crippen LogP contribution is 2.51. The summed E-state index contributed by atoms with van der Waals surface area (Å²) in [5.74, 6) is 0. The van der Waals surface area contributed by atoms with Gasteiger partial charge in [0.1, 0.15) is 27.3 Å². The Morgan fingerprint density at radius 1 is 0.325 bits per heavy atom. The van der Waals surface area contributed by atoms with E-state index in [9.17, 15) is 0 Å². The molecule has 80 heavy (non-hydrogen) atoms. The second kappa shape index (κ2) is 17.6. The van der Waals surface area contributed by atoms with Crippen molar-refractivity contribution in [2.24, 2.45) is 0 Å². The molecule has 4 heterocycles. The normalized spacial score (nSPS) is 14.7. The molecule has 11 aromatic rings. The summed E-state index contributed by atoms with van der Waals surface area (Å²) in [5, 5.41) is 10.6. The van der Waals surface area contributed by atoms with E-state index in [0.29, 0.717) is 0 Å². The Morgan fingerprint density at radius 3 is 0.875 bits per heavy atom. The predicted octanol–water partition coefficient (Wildman–Crippen LogP) is 19.2. The fourth-order valence-electron chi connectivity index (χ4n) is 13.3. The molecule has 0 unspecified atom stereocenters. The summed E-state index contributed by atoms with van der Waals surface area (Å²) in [4.78, 5) is 4.92. The van der Waals surface area contributed by atoms with Gasteiger partial charge in [0.15, 0.2) is 11.2 Å². The first-order chi connectivity index (χ1) is 37.7. The summed E-state index contributed by atoms with van der Waals surface area (Å²) >= 11 is 0. The van der Waals surface area contributed by atoms with E-state index < -0.39 is 16.1 Å². The second-order valence-electron chi connectivity index (χ2n) is 28.3. The maximum Gasteiger partial charge on any atom is 0.160 e. The molecular formula is C74H76N2O2Si2. The number of furan rings is 2. The third-order valence-electron chi connectivity index (χ3n) is 18.1. The van der Waals surface area contributed by atoms with Gasteiger partial charge < -0.3 is 18.6 Å². The van der Waals surface area contributed by atoms with E-state index >= 15 is 0 Å². The molecule has 2 aromatic heterocycles. The fraction of sp³-hybridized carbons (Fsp3) is 0.270. The van der Waals surface area contributed by atoms with E-state index in [-0.39, 0.29) is 21.7 Å². The molecular weight excluding hydrogens is 1000 g/mol. The SMILES string of the molecule is CC(C)(C)c1ccc(N(c2ccc(C(C)(C)C)cc2)c2cc3c(c4c2oc2ccccc24)-c2cc4c(cc2[Si]3(C)C)-c2c(cc(N(c3ccc(C(C)(C)C)cc3)c3ccc(C(C)(C)C)cc3)c3oc5ccccc5c23)[Si]4(C)C)cc1. The molecule has 0 aliphatic carbocycles. The highest BCUT2D eigenvalue weighted by atomic mass is 28.3. The average molecular weight is 1080 g/mol. The second-order valence-corrected chi connectivity index (χ2v) is 36.9. The van der Waals surface area contributed by atoms with Gasteiger partial charge in [-0.15, -0.1) is 0 Å². The summed E-state index contributed by atoms with van der Waals surface area (Å²) < 4.78 is 14.5. The number of fused-ring (bicyclic) bond motifs is 14. The van der Waals surface area contributed by atoms with Crippen molar-refractivity contribution in [2.45, 2.75) is 131 Å². The molecule has 2 aliphatic heterocycles. The van der Waals surface area contributed by atoms with Crippen molar-refractivity contribution < 1.29 is 8.83 Å². The maximum absolute atomic E-state index is 7.26. The molecule has 0 amide bonds. The largest absolute Gasteiger partial charge is 0.454 e. The van der Waals surface area contributed by atoms with Crippen LogP contribution in [-0.2, 0) is 21.7 Å². The van der Waals surface area contributed by atoms with Gasteiger partial charge in [0.2, 0.25) is 0 Å². The molecule has 0 atom stereocenters. The maximum atomic E-state index is 7.26. The van der Waals surface area contributed by atoms with Gasteiger partial charge in [0.25, 0.3) is 0 Å². The minimum absolute atomic E-state index is 0.0217. The molecule has 402 valence electrons. The molecule has 0 saturated carbocycles. The van der Waals surface area contributed by atoms with Gasteiger partial charge in [-0.2, -0.15) is 0 Å². The molecule has 6 heteroatoms. The highest BCUT2D eigenvalue weighted by Gasteiger charge is 2.47. The molecule has 9 aromatic carbocycles. The quantitative estimate of drug-likeness (QED) is 0.155. The van der Waals surface area contributed by atoms with E-state index in [0.717, 1.165) is 67.2 Å². The minimum Gasteiger partial charge on any atom is -0.454 e. The van der Waals surface area contributed by atoms with Crippen molar-refractivity contribution in [1.29, 1.82) is 0 Å². The summed E-state index contributed by atoms with van der Waals surface area (Å²) in [7, 11) is -4.92. The Morgan fingerprint density at radius 2 is 0.600 bits per heavy atom. The van der Waals surface area contributed by atoms with E-state index in [4.69, 9.17) is 8.83 Å². The first kappa shape index (κ1) is 52.0. The monoisotopic (exact) mass is 1080 g/mol. The molecule has 4 nitrogen and oxygen atoms in total. The van der Waals surface area contributed by atoms with Crippen molar-refractivity contribution in [2.75, 3.05) is 9.80 Å². The molecule has 0 saturated heterocycles. The Labute approximate surface area is 476 Å². The van der Waals surface area contributed by atoms with Crippen LogP contribution < -0.4 is 30.5 Å². The first-order valence-corrected chi connectivity index (χ1v) is 34.9. The molecule has 0 N–H and O–H groups in total. The van der Waals surface area contributed by atoms with Crippen LogP contribution in [-0.4, -0.2) is 16.1 Å². The van der Waals surface area contributed by atoms with Crippen LogP contribution in [0, 0.1) is 0 Å². The van der Waals surface area contributed by atoms with E-state index in [1.807, 2.05) is 0 Å². The number of nitrogens with zero attached hydrogens (tertiary/aromatic N) is 2. The standard InChI is InChI=1S/C74H76N2O2Si2/c1-71(2,3)45-25-33-49(34-26-45)75(50-35-27-46(28-36-50)72(4,5)6)57-43-63-65(67-53-21-17-19-23-59(53)77-69(57)67)55-41-62-56(42-61(55)79(63,13)14)66-64(80(62,15)16)44-58(70-68(66)54-22-18-20-24-60(54)78-70)76(51-37-29-47(30-38-51)73(7,8)9)52-39-31-48(32-40-52)74(10,11)12/h17-44H,1-16H3. The van der Waals surface area contributed by atoms with Crippen molar-refractivity contribution in [1.82, 2.24) is 0 Å². The lowest BCUT2D eigenvalue weighted by molar-refractivity contribution is 0.590. The number of anilines is 6. The fourth-order valence-corrected chi connectivity index (χ4v) is 19.4. The lowest BCUT2D eigenvalue weighted by Crippen LogP contribution is -2.51. The van der Waals surface area contributed by atoms with Gasteiger partial charge in [-0.25, -0.2) is 0 Å². The lowest BCUT2D eigenvalue weighted by Gasteiger charge is -2.29. The van der Waals surface area contributed by atoms with Crippen molar-refractivity contribution in [3.05, 3.63) is 192 Å². The van der Waals surface area contributed by atoms with Crippen LogP contribution in [0.3, 0.4) is 0 Å². The number of benzene rings is 9. The number of rotatable bonds is 6. The third kappa shape index (κ3) is 8.02. The lowest BCUT2D eigenvalue weighted by atomic mass is 9.86. The molecule has 0 spiro atoms. The van der Waals surface area contributed by atoms with Crippen LogP contribution >= 0.6 is 0 Å². The average Bonchev–Trinajstić information content (AvgIpc) is 4.27. The molecule has 0 bridgehead atoms. The number of hydrogen-bond acceptors (Lipinski definition) is 4. The summed E-state index contributed by atoms with van der Waals surface area (Å²) in [6.07, 6.45) is 0. The molecule has 0 radical (unpaired) electrons. The Balaban J connectivity index is 1.05. The Bertz CT molecular complexity index is 3900. The zero-order valence-electron chi connectivity index (χ0n) is 49.9. The van der Waals surface area contributed by atoms with E-state index in [2.05, 4.69) is 289 Å². The highest BCUT2D eigenvalue weighted by molar-refractivity contribution is 7.06. The van der Waals surface area contributed by atoms with Crippen molar-refractivity contribution in [3.63, 3.8) is 0 Å². The zero-order valence-corrected chi connectivity index (χ0v) is 51.9. The van der Waals surface area contributed by atoms with Gasteiger partial charge in [0, 0.05) is 44.3 Å². The molecule has 0 fully saturated rings.